The number of aliphatic hydroxyl groups excluding tert-OH is 3. The molecule has 3 fully saturated rings. The molecule has 1 aromatic carbocycles. The monoisotopic (exact) mass is 543 g/mol. The Hall–Kier alpha value is -2.56. The molecule has 0 aromatic heterocycles. The van der Waals surface area contributed by atoms with Crippen LogP contribution in [0.2, 0.25) is 0 Å². The molecule has 0 radical (unpaired) electrons. The van der Waals surface area contributed by atoms with Crippen molar-refractivity contribution in [3.63, 3.8) is 0 Å². The average molecular weight is 544 g/mol. The van der Waals surface area contributed by atoms with Gasteiger partial charge in [-0.25, -0.2) is 9.68 Å². The zero-order valence-electron chi connectivity index (χ0n) is 21.6. The highest BCUT2D eigenvalue weighted by molar-refractivity contribution is 5.73. The summed E-state index contributed by atoms with van der Waals surface area (Å²) < 4.78 is 17.2. The molecule has 3 aliphatic carbocycles. The zero-order valence-corrected chi connectivity index (χ0v) is 21.6. The van der Waals surface area contributed by atoms with Crippen molar-refractivity contribution >= 4 is 5.97 Å². The number of allylic oxidation sites excluding steroid dienone is 1. The fourth-order valence-corrected chi connectivity index (χ4v) is 7.53. The molecule has 6 rings (SSSR count). The van der Waals surface area contributed by atoms with E-state index in [1.54, 1.807) is 24.8 Å². The first-order chi connectivity index (χ1) is 18.8. The van der Waals surface area contributed by atoms with Crippen LogP contribution < -0.4 is 4.74 Å². The van der Waals surface area contributed by atoms with Gasteiger partial charge in [0.1, 0.15) is 30.1 Å². The van der Waals surface area contributed by atoms with E-state index >= 15 is 0 Å². The molecule has 0 amide bonds. The van der Waals surface area contributed by atoms with Crippen LogP contribution in [0.1, 0.15) is 62.5 Å². The van der Waals surface area contributed by atoms with Gasteiger partial charge in [0.15, 0.2) is 11.7 Å². The number of aliphatic hydroxyl groups is 3. The van der Waals surface area contributed by atoms with Crippen LogP contribution in [0.5, 0.6) is 5.75 Å². The lowest BCUT2D eigenvalue weighted by Crippen LogP contribution is -2.74. The van der Waals surface area contributed by atoms with E-state index in [-0.39, 0.29) is 23.1 Å². The van der Waals surface area contributed by atoms with Gasteiger partial charge in [0.25, 0.3) is 5.79 Å². The van der Waals surface area contributed by atoms with Gasteiger partial charge in [-0.1, -0.05) is 23.6 Å². The summed E-state index contributed by atoms with van der Waals surface area (Å²) in [6.45, 7) is 0. The Kier molecular flexibility index (Phi) is 6.71. The van der Waals surface area contributed by atoms with Gasteiger partial charge in [0, 0.05) is 24.5 Å². The molecule has 2 aliphatic heterocycles. The van der Waals surface area contributed by atoms with Crippen molar-refractivity contribution in [1.82, 2.24) is 0 Å². The Balaban J connectivity index is 1.37. The largest absolute Gasteiger partial charge is 0.479 e. The van der Waals surface area contributed by atoms with Gasteiger partial charge < -0.3 is 34.6 Å². The molecule has 11 nitrogen and oxygen atoms in total. The smallest absolute Gasteiger partial charge is 0.335 e. The predicted molar refractivity (Wildman–Crippen MR) is 131 cm³/mol. The molecular weight excluding hydrogens is 510 g/mol. The first-order valence-electron chi connectivity index (χ1n) is 13.5. The molecule has 1 spiro atoms. The number of nitriles is 1. The second kappa shape index (κ2) is 9.82. The summed E-state index contributed by atoms with van der Waals surface area (Å²) in [5.74, 6) is -2.52. The second-order valence-corrected chi connectivity index (χ2v) is 11.2. The molecule has 39 heavy (non-hydrogen) atoms. The van der Waals surface area contributed by atoms with Gasteiger partial charge in [0.05, 0.1) is 5.56 Å². The summed E-state index contributed by atoms with van der Waals surface area (Å²) in [5, 5.41) is 49.8. The number of hydrogen-bond acceptors (Lipinski definition) is 10. The van der Waals surface area contributed by atoms with Gasteiger partial charge in [0.2, 0.25) is 6.29 Å². The number of rotatable bonds is 5. The molecular formula is C28H33NO10. The molecule has 2 bridgehead atoms. The maximum atomic E-state index is 11.5. The Bertz CT molecular complexity index is 1220. The maximum Gasteiger partial charge on any atom is 0.335 e. The van der Waals surface area contributed by atoms with Gasteiger partial charge in [-0.15, -0.1) is 0 Å². The lowest BCUT2D eigenvalue weighted by atomic mass is 9.53. The molecule has 210 valence electrons. The number of aliphatic carboxylic acids is 1. The molecule has 1 saturated carbocycles. The second-order valence-electron chi connectivity index (χ2n) is 11.2. The molecule has 11 heteroatoms. The highest BCUT2D eigenvalue weighted by atomic mass is 17.3. The van der Waals surface area contributed by atoms with Gasteiger partial charge in [-0.05, 0) is 57.1 Å². The standard InChI is InChI=1S/C28H33NO10/c1-35-28(27(38-39-28)16-6-4-8-19(27)18-7-3-2-5-14(18)11-16)17-10-9-15(13-29)20(12-17)36-26-23(32)21(30)22(31)24(37-26)25(33)34/h9-10,12,16,19,21-24,26,30-32H,2-8,11H2,1H3,(H,33,34)/t16?,19?,21-,22-,23?,24?,26+,27?,28?/m0/s1. The van der Waals surface area contributed by atoms with E-state index in [4.69, 9.17) is 24.0 Å². The molecule has 2 heterocycles. The van der Waals surface area contributed by atoms with Crippen LogP contribution in [0.3, 0.4) is 0 Å². The number of hydrogen-bond donors (Lipinski definition) is 4. The number of carboxylic acid groups (broad SMARTS) is 1. The minimum atomic E-state index is -1.86. The van der Waals surface area contributed by atoms with Crippen LogP contribution in [0.4, 0.5) is 0 Å². The number of carboxylic acids is 1. The van der Waals surface area contributed by atoms with Crippen molar-refractivity contribution in [2.45, 2.75) is 93.5 Å². The van der Waals surface area contributed by atoms with Crippen LogP contribution in [0.25, 0.3) is 0 Å². The number of methoxy groups -OCH3 is 1. The van der Waals surface area contributed by atoms with E-state index in [2.05, 4.69) is 0 Å². The van der Waals surface area contributed by atoms with Crippen molar-refractivity contribution in [3.05, 3.63) is 40.5 Å². The van der Waals surface area contributed by atoms with E-state index in [9.17, 15) is 30.5 Å². The third-order valence-electron chi connectivity index (χ3n) is 9.35. The summed E-state index contributed by atoms with van der Waals surface area (Å²) in [6.07, 6.45) is -0.505. The lowest BCUT2D eigenvalue weighted by molar-refractivity contribution is -0.639. The topological polar surface area (TPSA) is 168 Å². The van der Waals surface area contributed by atoms with E-state index in [1.165, 1.54) is 18.1 Å². The first-order valence-corrected chi connectivity index (χ1v) is 13.5. The summed E-state index contributed by atoms with van der Waals surface area (Å²) >= 11 is 0. The third kappa shape index (κ3) is 3.78. The Labute approximate surface area is 225 Å². The Morgan fingerprint density at radius 2 is 1.87 bits per heavy atom. The third-order valence-corrected chi connectivity index (χ3v) is 9.35. The molecule has 1 aromatic rings. The highest BCUT2D eigenvalue weighted by Gasteiger charge is 2.75. The first kappa shape index (κ1) is 26.7. The quantitative estimate of drug-likeness (QED) is 0.317. The lowest BCUT2D eigenvalue weighted by Gasteiger charge is -2.65. The minimum Gasteiger partial charge on any atom is -0.479 e. The van der Waals surface area contributed by atoms with E-state index in [0.717, 1.165) is 44.9 Å². The SMILES string of the molecule is COC1(c2ccc(C#N)c(O[C@@H]3OC(C(=O)O)[C@@H](O)[C@H](O)C3O)c2)OOC12C1CCCC2C2=C(CCCC2)C1. The van der Waals surface area contributed by atoms with E-state index in [1.807, 2.05) is 6.07 Å². The minimum absolute atomic E-state index is 0.0209. The van der Waals surface area contributed by atoms with Crippen LogP contribution in [-0.4, -0.2) is 69.8 Å². The van der Waals surface area contributed by atoms with E-state index in [0.29, 0.717) is 5.56 Å². The zero-order chi connectivity index (χ0) is 27.5. The number of nitrogens with zero attached hydrogens (tertiary/aromatic N) is 1. The van der Waals surface area contributed by atoms with Crippen molar-refractivity contribution in [1.29, 1.82) is 5.26 Å². The fraction of sp³-hybridized carbons (Fsp3) is 0.643. The maximum absolute atomic E-state index is 11.5. The summed E-state index contributed by atoms with van der Waals surface area (Å²) in [7, 11) is 1.56. The Morgan fingerprint density at radius 1 is 1.08 bits per heavy atom. The molecule has 2 saturated heterocycles. The molecule has 5 aliphatic rings. The van der Waals surface area contributed by atoms with Crippen LogP contribution in [0, 0.1) is 23.2 Å². The summed E-state index contributed by atoms with van der Waals surface area (Å²) in [4.78, 5) is 23.5. The number of fused-ring (bicyclic) bond motifs is 1. The van der Waals surface area contributed by atoms with Gasteiger partial charge in [-0.2, -0.15) is 10.1 Å². The van der Waals surface area contributed by atoms with Crippen LogP contribution in [-0.2, 0) is 29.8 Å². The van der Waals surface area contributed by atoms with Crippen molar-refractivity contribution in [3.8, 4) is 11.8 Å². The average Bonchev–Trinajstić information content (AvgIpc) is 2.93. The fourth-order valence-electron chi connectivity index (χ4n) is 7.53. The number of carbonyl (C=O) groups is 1. The molecule has 6 unspecified atom stereocenters. The Morgan fingerprint density at radius 3 is 2.56 bits per heavy atom. The van der Waals surface area contributed by atoms with E-state index < -0.39 is 48.1 Å². The van der Waals surface area contributed by atoms with Crippen LogP contribution in [0.15, 0.2) is 29.3 Å². The van der Waals surface area contributed by atoms with Crippen molar-refractivity contribution < 1.29 is 49.2 Å². The molecule has 4 N–H and O–H groups in total. The molecule has 9 atom stereocenters. The van der Waals surface area contributed by atoms with Crippen molar-refractivity contribution in [2.24, 2.45) is 11.8 Å². The number of benzene rings is 1. The highest BCUT2D eigenvalue weighted by Crippen LogP contribution is 2.66. The summed E-state index contributed by atoms with van der Waals surface area (Å²) in [5.41, 5.74) is 2.88. The van der Waals surface area contributed by atoms with Gasteiger partial charge in [-0.3, -0.25) is 0 Å². The summed E-state index contributed by atoms with van der Waals surface area (Å²) in [6, 6.07) is 6.82. The predicted octanol–water partition coefficient (Wildman–Crippen LogP) is 2.02. The number of ether oxygens (including phenoxy) is 3. The van der Waals surface area contributed by atoms with Crippen molar-refractivity contribution in [2.75, 3.05) is 7.11 Å². The van der Waals surface area contributed by atoms with Crippen LogP contribution >= 0.6 is 0 Å². The normalized spacial score (nSPS) is 41.4. The van der Waals surface area contributed by atoms with Gasteiger partial charge >= 0.3 is 5.97 Å².